The highest BCUT2D eigenvalue weighted by Crippen LogP contribution is 2.19. The summed E-state index contributed by atoms with van der Waals surface area (Å²) >= 11 is 11.7. The van der Waals surface area contributed by atoms with Gasteiger partial charge in [-0.05, 0) is 12.1 Å². The first-order valence-corrected chi connectivity index (χ1v) is 4.78. The van der Waals surface area contributed by atoms with Crippen molar-refractivity contribution in [1.82, 2.24) is 14.8 Å². The maximum Gasteiger partial charge on any atom is 0.130 e. The van der Waals surface area contributed by atoms with E-state index in [0.29, 0.717) is 16.7 Å². The van der Waals surface area contributed by atoms with Gasteiger partial charge in [-0.1, -0.05) is 23.2 Å². The van der Waals surface area contributed by atoms with Crippen molar-refractivity contribution >= 4 is 23.2 Å². The van der Waals surface area contributed by atoms with Crippen LogP contribution in [0.4, 0.5) is 0 Å². The molecule has 0 aliphatic rings. The van der Waals surface area contributed by atoms with Gasteiger partial charge in [-0.15, -0.1) is 0 Å². The average Bonchev–Trinajstić information content (AvgIpc) is 2.62. The van der Waals surface area contributed by atoms with Gasteiger partial charge in [0.2, 0.25) is 0 Å². The molecule has 3 nitrogen and oxygen atoms in total. The third kappa shape index (κ3) is 2.05. The van der Waals surface area contributed by atoms with Crippen molar-refractivity contribution in [1.29, 1.82) is 0 Å². The van der Waals surface area contributed by atoms with E-state index in [1.54, 1.807) is 23.1 Å². The molecule has 0 spiro atoms. The van der Waals surface area contributed by atoms with Crippen molar-refractivity contribution in [3.8, 4) is 0 Å². The van der Waals surface area contributed by atoms with E-state index in [-0.39, 0.29) is 0 Å². The third-order valence-corrected chi connectivity index (χ3v) is 2.35. The van der Waals surface area contributed by atoms with E-state index in [9.17, 15) is 0 Å². The Bertz CT molecular complexity index is 426. The number of rotatable bonds is 2. The molecule has 0 radical (unpaired) electrons. The SMILES string of the molecule is Clc1cc(Cl)c(Cn2cccn2)cn1. The fraction of sp³-hybridized carbons (Fsp3) is 0.111. The number of pyridine rings is 1. The Labute approximate surface area is 91.3 Å². The predicted molar refractivity (Wildman–Crippen MR) is 55.6 cm³/mol. The number of aromatic nitrogens is 3. The normalized spacial score (nSPS) is 10.4. The molecule has 72 valence electrons. The van der Waals surface area contributed by atoms with E-state index in [0.717, 1.165) is 5.56 Å². The van der Waals surface area contributed by atoms with Crippen LogP contribution in [0.5, 0.6) is 0 Å². The van der Waals surface area contributed by atoms with Crippen LogP contribution in [0, 0.1) is 0 Å². The molecule has 0 fully saturated rings. The lowest BCUT2D eigenvalue weighted by molar-refractivity contribution is 0.685. The molecule has 14 heavy (non-hydrogen) atoms. The molecule has 0 N–H and O–H groups in total. The minimum atomic E-state index is 0.402. The van der Waals surface area contributed by atoms with Crippen LogP contribution in [0.25, 0.3) is 0 Å². The van der Waals surface area contributed by atoms with Crippen LogP contribution in [-0.4, -0.2) is 14.8 Å². The molecule has 2 rings (SSSR count). The maximum absolute atomic E-state index is 5.98. The molecule has 0 unspecified atom stereocenters. The van der Waals surface area contributed by atoms with Crippen LogP contribution in [0.1, 0.15) is 5.56 Å². The van der Waals surface area contributed by atoms with Gasteiger partial charge in [-0.25, -0.2) is 4.98 Å². The van der Waals surface area contributed by atoms with Crippen molar-refractivity contribution in [3.05, 3.63) is 46.5 Å². The molecule has 0 saturated carbocycles. The Kier molecular flexibility index (Phi) is 2.70. The van der Waals surface area contributed by atoms with Gasteiger partial charge in [-0.2, -0.15) is 5.10 Å². The first-order chi connectivity index (χ1) is 6.75. The molecule has 5 heteroatoms. The largest absolute Gasteiger partial charge is 0.268 e. The van der Waals surface area contributed by atoms with Crippen LogP contribution in [0.15, 0.2) is 30.7 Å². The van der Waals surface area contributed by atoms with E-state index in [4.69, 9.17) is 23.2 Å². The number of halogens is 2. The molecule has 0 amide bonds. The van der Waals surface area contributed by atoms with Gasteiger partial charge in [-0.3, -0.25) is 4.68 Å². The van der Waals surface area contributed by atoms with Crippen molar-refractivity contribution in [2.75, 3.05) is 0 Å². The predicted octanol–water partition coefficient (Wildman–Crippen LogP) is 2.63. The van der Waals surface area contributed by atoms with Crippen molar-refractivity contribution < 1.29 is 0 Å². The first kappa shape index (κ1) is 9.49. The molecule has 0 saturated heterocycles. The van der Waals surface area contributed by atoms with E-state index >= 15 is 0 Å². The zero-order valence-electron chi connectivity index (χ0n) is 7.19. The van der Waals surface area contributed by atoms with Crippen LogP contribution in [0.2, 0.25) is 10.2 Å². The summed E-state index contributed by atoms with van der Waals surface area (Å²) in [5, 5.41) is 5.09. The standard InChI is InChI=1S/C9H7Cl2N3/c10-8-4-9(11)12-5-7(8)6-14-3-1-2-13-14/h1-5H,6H2. The van der Waals surface area contributed by atoms with Crippen molar-refractivity contribution in [2.45, 2.75) is 6.54 Å². The van der Waals surface area contributed by atoms with Crippen molar-refractivity contribution in [3.63, 3.8) is 0 Å². The van der Waals surface area contributed by atoms with Gasteiger partial charge in [0.15, 0.2) is 0 Å². The van der Waals surface area contributed by atoms with E-state index in [2.05, 4.69) is 10.1 Å². The van der Waals surface area contributed by atoms with E-state index in [1.807, 2.05) is 12.3 Å². The van der Waals surface area contributed by atoms with E-state index < -0.39 is 0 Å². The molecule has 0 aliphatic heterocycles. The minimum Gasteiger partial charge on any atom is -0.268 e. The Morgan fingerprint density at radius 3 is 2.86 bits per heavy atom. The van der Waals surface area contributed by atoms with Crippen LogP contribution in [0.3, 0.4) is 0 Å². The average molecular weight is 228 g/mol. The Morgan fingerprint density at radius 2 is 2.21 bits per heavy atom. The quantitative estimate of drug-likeness (QED) is 0.739. The van der Waals surface area contributed by atoms with Gasteiger partial charge >= 0.3 is 0 Å². The van der Waals surface area contributed by atoms with E-state index in [1.165, 1.54) is 0 Å². The second-order valence-corrected chi connectivity index (χ2v) is 3.60. The number of hydrogen-bond donors (Lipinski definition) is 0. The maximum atomic E-state index is 5.98. The smallest absolute Gasteiger partial charge is 0.130 e. The fourth-order valence-electron chi connectivity index (χ4n) is 1.12. The number of nitrogens with zero attached hydrogens (tertiary/aromatic N) is 3. The molecule has 0 bridgehead atoms. The summed E-state index contributed by atoms with van der Waals surface area (Å²) in [5.74, 6) is 0. The van der Waals surface area contributed by atoms with Gasteiger partial charge < -0.3 is 0 Å². The highest BCUT2D eigenvalue weighted by molar-refractivity contribution is 6.34. The molecular formula is C9H7Cl2N3. The summed E-state index contributed by atoms with van der Waals surface area (Å²) in [6, 6.07) is 3.49. The lowest BCUT2D eigenvalue weighted by atomic mass is 10.3. The Morgan fingerprint density at radius 1 is 1.36 bits per heavy atom. The fourth-order valence-corrected chi connectivity index (χ4v) is 1.55. The highest BCUT2D eigenvalue weighted by Gasteiger charge is 2.02. The molecule has 2 heterocycles. The molecule has 0 aliphatic carbocycles. The Hall–Kier alpha value is -1.06. The molecule has 0 aromatic carbocycles. The minimum absolute atomic E-state index is 0.402. The van der Waals surface area contributed by atoms with Crippen molar-refractivity contribution in [2.24, 2.45) is 0 Å². The number of hydrogen-bond acceptors (Lipinski definition) is 2. The van der Waals surface area contributed by atoms with Gasteiger partial charge in [0, 0.05) is 24.2 Å². The summed E-state index contributed by atoms with van der Waals surface area (Å²) in [7, 11) is 0. The molecule has 2 aromatic heterocycles. The van der Waals surface area contributed by atoms with Gasteiger partial charge in [0.05, 0.1) is 11.6 Å². The first-order valence-electron chi connectivity index (χ1n) is 4.03. The summed E-state index contributed by atoms with van der Waals surface area (Å²) < 4.78 is 1.77. The topological polar surface area (TPSA) is 30.7 Å². The van der Waals surface area contributed by atoms with Gasteiger partial charge in [0.1, 0.15) is 5.15 Å². The van der Waals surface area contributed by atoms with Crippen LogP contribution in [-0.2, 0) is 6.54 Å². The summed E-state index contributed by atoms with van der Waals surface area (Å²) in [6.45, 7) is 0.607. The molecule has 0 atom stereocenters. The summed E-state index contributed by atoms with van der Waals surface area (Å²) in [4.78, 5) is 3.96. The second-order valence-electron chi connectivity index (χ2n) is 2.80. The lowest BCUT2D eigenvalue weighted by Crippen LogP contribution is -2.00. The van der Waals surface area contributed by atoms with Crippen LogP contribution >= 0.6 is 23.2 Å². The Balaban J connectivity index is 2.25. The third-order valence-electron chi connectivity index (χ3n) is 1.79. The highest BCUT2D eigenvalue weighted by atomic mass is 35.5. The monoisotopic (exact) mass is 227 g/mol. The zero-order chi connectivity index (χ0) is 9.97. The van der Waals surface area contributed by atoms with Crippen LogP contribution < -0.4 is 0 Å². The summed E-state index contributed by atoms with van der Waals surface area (Å²) in [5.41, 5.74) is 0.903. The molecule has 2 aromatic rings. The zero-order valence-corrected chi connectivity index (χ0v) is 8.70. The molecular weight excluding hydrogens is 221 g/mol. The van der Waals surface area contributed by atoms with Gasteiger partial charge in [0.25, 0.3) is 0 Å². The second kappa shape index (κ2) is 3.98. The lowest BCUT2D eigenvalue weighted by Gasteiger charge is -2.03. The summed E-state index contributed by atoms with van der Waals surface area (Å²) in [6.07, 6.45) is 5.24.